The number of aliphatic hydroxyl groups excluding tert-OH is 1. The van der Waals surface area contributed by atoms with E-state index in [0.29, 0.717) is 27.9 Å². The summed E-state index contributed by atoms with van der Waals surface area (Å²) in [5, 5.41) is 14.1. The van der Waals surface area contributed by atoms with Gasteiger partial charge in [0.2, 0.25) is 0 Å². The molecule has 1 aromatic heterocycles. The van der Waals surface area contributed by atoms with Crippen LogP contribution < -0.4 is 0 Å². The van der Waals surface area contributed by atoms with E-state index in [1.807, 2.05) is 0 Å². The number of aromatic nitrogens is 1. The van der Waals surface area contributed by atoms with Crippen molar-refractivity contribution in [2.45, 2.75) is 191 Å². The summed E-state index contributed by atoms with van der Waals surface area (Å²) in [5.74, 6) is 2.96. The zero-order valence-corrected chi connectivity index (χ0v) is 43.5. The molecule has 3 aromatic carbocycles. The molecule has 0 spiro atoms. The van der Waals surface area contributed by atoms with E-state index >= 15 is 0 Å². The van der Waals surface area contributed by atoms with Crippen LogP contribution in [0.2, 0.25) is 0 Å². The van der Waals surface area contributed by atoms with E-state index in [9.17, 15) is 9.90 Å². The van der Waals surface area contributed by atoms with E-state index in [0.717, 1.165) is 80.0 Å². The summed E-state index contributed by atoms with van der Waals surface area (Å²) >= 11 is 0. The molecule has 0 saturated heterocycles. The van der Waals surface area contributed by atoms with Gasteiger partial charge in [-0.15, -0.1) is 29.1 Å². The zero-order chi connectivity index (χ0) is 44.5. The fourth-order valence-electron chi connectivity index (χ4n) is 11.8. The molecule has 3 aliphatic rings. The number of hydrogen-bond donors (Lipinski definition) is 1. The molecule has 3 fully saturated rings. The number of aryl methyl sites for hydroxylation is 2. The minimum Gasteiger partial charge on any atom is -0.512 e. The van der Waals surface area contributed by atoms with Gasteiger partial charge in [-0.3, -0.25) is 9.78 Å². The van der Waals surface area contributed by atoms with Crippen molar-refractivity contribution in [2.75, 3.05) is 0 Å². The Morgan fingerprint density at radius 1 is 0.790 bits per heavy atom. The van der Waals surface area contributed by atoms with Gasteiger partial charge in [-0.25, -0.2) is 0 Å². The quantitative estimate of drug-likeness (QED) is 0.103. The fourth-order valence-corrected chi connectivity index (χ4v) is 11.8. The number of benzene rings is 3. The van der Waals surface area contributed by atoms with Crippen molar-refractivity contribution < 1.29 is 30.0 Å². The van der Waals surface area contributed by atoms with Crippen LogP contribution in [-0.4, -0.2) is 15.9 Å². The van der Waals surface area contributed by atoms with Crippen molar-refractivity contribution in [3.63, 3.8) is 0 Å². The molecule has 1 heterocycles. The van der Waals surface area contributed by atoms with Gasteiger partial charge < -0.3 is 5.11 Å². The van der Waals surface area contributed by atoms with Crippen molar-refractivity contribution in [3.8, 4) is 11.3 Å². The molecule has 3 nitrogen and oxygen atoms in total. The van der Waals surface area contributed by atoms with Crippen LogP contribution in [0.5, 0.6) is 0 Å². The average molecular weight is 1020 g/mol. The van der Waals surface area contributed by atoms with Gasteiger partial charge in [0.05, 0.1) is 11.3 Å². The first kappa shape index (κ1) is 50.2. The summed E-state index contributed by atoms with van der Waals surface area (Å²) in [6, 6.07) is 21.9. The summed E-state index contributed by atoms with van der Waals surface area (Å²) in [6.07, 6.45) is 18.0. The first-order valence-corrected chi connectivity index (χ1v) is 24.4. The number of rotatable bonds is 9. The van der Waals surface area contributed by atoms with Crippen molar-refractivity contribution in [3.05, 3.63) is 88.7 Å². The van der Waals surface area contributed by atoms with Crippen LogP contribution in [0.25, 0.3) is 32.9 Å². The van der Waals surface area contributed by atoms with E-state index < -0.39 is 0 Å². The average Bonchev–Trinajstić information content (AvgIpc) is 3.16. The maximum absolute atomic E-state index is 12.4. The first-order chi connectivity index (χ1) is 28.5. The van der Waals surface area contributed by atoms with E-state index in [1.165, 1.54) is 76.9 Å². The molecule has 4 aromatic rings. The number of hydrogen-bond acceptors (Lipinski definition) is 3. The summed E-state index contributed by atoms with van der Waals surface area (Å²) in [4.78, 5) is 17.7. The predicted molar refractivity (Wildman–Crippen MR) is 261 cm³/mol. The predicted octanol–water partition coefficient (Wildman–Crippen LogP) is 16.9. The molecule has 0 bridgehead atoms. The van der Waals surface area contributed by atoms with Gasteiger partial charge in [0.25, 0.3) is 0 Å². The van der Waals surface area contributed by atoms with Gasteiger partial charge >= 0.3 is 0 Å². The van der Waals surface area contributed by atoms with Crippen molar-refractivity contribution in [1.29, 1.82) is 0 Å². The molecule has 0 unspecified atom stereocenters. The van der Waals surface area contributed by atoms with Crippen molar-refractivity contribution in [2.24, 2.45) is 39.9 Å². The van der Waals surface area contributed by atoms with Gasteiger partial charge in [0.15, 0.2) is 5.78 Å². The molecule has 3 aliphatic carbocycles. The molecule has 1 radical (unpaired) electrons. The SMILES string of the molecule is CC1(C)CCC(C(=O)/C=C(\O)C2CCC(C)(C)CC2)CC1.Cc1cc(C)c2c(C3CCC(CC(C)C)(CC(C)C)CC3)cc(-c3[c-]c4ccccc4c(C(C)(C)C)c3)nc2c1.[Ir]. The number of ketones is 1. The molecular weight excluding hydrogens is 935 g/mol. The van der Waals surface area contributed by atoms with E-state index in [2.05, 4.69) is 145 Å². The molecule has 0 amide bonds. The van der Waals surface area contributed by atoms with Gasteiger partial charge in [-0.2, -0.15) is 0 Å². The normalized spacial score (nSPS) is 20.0. The third-order valence-electron chi connectivity index (χ3n) is 15.1. The van der Waals surface area contributed by atoms with E-state index in [1.54, 1.807) is 6.08 Å². The molecule has 62 heavy (non-hydrogen) atoms. The zero-order valence-electron chi connectivity index (χ0n) is 41.1. The van der Waals surface area contributed by atoms with Gasteiger partial charge in [0, 0.05) is 49.1 Å². The third kappa shape index (κ3) is 12.5. The second kappa shape index (κ2) is 20.1. The molecule has 0 atom stereocenters. The Bertz CT molecular complexity index is 2160. The summed E-state index contributed by atoms with van der Waals surface area (Å²) in [6.45, 7) is 30.2. The van der Waals surface area contributed by atoms with Crippen LogP contribution in [0.15, 0.2) is 60.4 Å². The number of aliphatic hydroxyl groups is 1. The van der Waals surface area contributed by atoms with Crippen LogP contribution in [0.4, 0.5) is 0 Å². The Labute approximate surface area is 391 Å². The monoisotopic (exact) mass is 1020 g/mol. The Kier molecular flexibility index (Phi) is 16.3. The van der Waals surface area contributed by atoms with Gasteiger partial charge in [0.1, 0.15) is 0 Å². The second-order valence-corrected chi connectivity index (χ2v) is 23.8. The Balaban J connectivity index is 0.000000279. The van der Waals surface area contributed by atoms with Crippen molar-refractivity contribution >= 4 is 27.5 Å². The number of nitrogens with zero attached hydrogens (tertiary/aromatic N) is 1. The van der Waals surface area contributed by atoms with Gasteiger partial charge in [-0.1, -0.05) is 117 Å². The molecule has 3 saturated carbocycles. The minimum atomic E-state index is 0. The summed E-state index contributed by atoms with van der Waals surface area (Å²) in [5.41, 5.74) is 10.2. The second-order valence-electron chi connectivity index (χ2n) is 23.8. The van der Waals surface area contributed by atoms with Crippen LogP contribution in [0.1, 0.15) is 194 Å². The third-order valence-corrected chi connectivity index (χ3v) is 15.1. The topological polar surface area (TPSA) is 50.2 Å². The van der Waals surface area contributed by atoms with Gasteiger partial charge in [-0.05, 0) is 166 Å². The number of fused-ring (bicyclic) bond motifs is 2. The molecule has 1 N–H and O–H groups in total. The molecule has 7 rings (SSSR count). The fraction of sp³-hybridized carbons (Fsp3) is 0.621. The van der Waals surface area contributed by atoms with E-state index in [4.69, 9.17) is 4.98 Å². The van der Waals surface area contributed by atoms with Crippen LogP contribution >= 0.6 is 0 Å². The number of carbonyl (C=O) groups is 1. The number of allylic oxidation sites excluding steroid dienone is 2. The number of carbonyl (C=O) groups excluding carboxylic acids is 1. The largest absolute Gasteiger partial charge is 0.512 e. The maximum atomic E-state index is 12.4. The minimum absolute atomic E-state index is 0. The maximum Gasteiger partial charge on any atom is 0.162 e. The Morgan fingerprint density at radius 3 is 1.89 bits per heavy atom. The van der Waals surface area contributed by atoms with Crippen LogP contribution in [0, 0.1) is 59.8 Å². The number of pyridine rings is 1. The van der Waals surface area contributed by atoms with Crippen molar-refractivity contribution in [1.82, 2.24) is 4.98 Å². The van der Waals surface area contributed by atoms with E-state index in [-0.39, 0.29) is 43.1 Å². The summed E-state index contributed by atoms with van der Waals surface area (Å²) < 4.78 is 0. The standard InChI is InChI=1S/C39H50N.C19H32O2.Ir/c1-25(2)23-39(24-26(3)4)16-14-29(15-17-39)33-22-35(40-36-19-27(5)18-28(6)37(33)36)31-20-30-12-10-11-13-32(30)34(21-31)38(7,8)9;1-18(2)9-5-14(6-10-18)16(20)13-17(21)15-7-11-19(3,4)12-8-15;/h10-13,18-19,21-22,25-26,29H,14-17,23-24H2,1-9H3;13-15,20H,5-12H2,1-4H3;/q-1;;/b;16-13-;. The molecule has 4 heteroatoms. The van der Waals surface area contributed by atoms with Crippen LogP contribution in [-0.2, 0) is 30.3 Å². The first-order valence-electron chi connectivity index (χ1n) is 24.4. The molecular formula is C58H82IrNO2-. The molecule has 0 aliphatic heterocycles. The smallest absolute Gasteiger partial charge is 0.162 e. The molecule has 341 valence electrons. The van der Waals surface area contributed by atoms with Crippen LogP contribution in [0.3, 0.4) is 0 Å². The summed E-state index contributed by atoms with van der Waals surface area (Å²) in [7, 11) is 0. The Hall–Kier alpha value is -2.81. The Morgan fingerprint density at radius 2 is 1.34 bits per heavy atom.